The van der Waals surface area contributed by atoms with Gasteiger partial charge in [-0.3, -0.25) is 5.10 Å². The van der Waals surface area contributed by atoms with Gasteiger partial charge in [-0.2, -0.15) is 18.3 Å². The number of alkyl halides is 3. The predicted molar refractivity (Wildman–Crippen MR) is 28.6 cm³/mol. The van der Waals surface area contributed by atoms with E-state index in [1.807, 2.05) is 5.10 Å². The van der Waals surface area contributed by atoms with Crippen molar-refractivity contribution in [1.82, 2.24) is 10.2 Å². The molecule has 0 saturated carbocycles. The van der Waals surface area contributed by atoms with Gasteiger partial charge in [-0.1, -0.05) is 11.6 Å². The van der Waals surface area contributed by atoms with Crippen molar-refractivity contribution in [1.29, 1.82) is 0 Å². The van der Waals surface area contributed by atoms with E-state index in [9.17, 15) is 13.2 Å². The molecule has 1 N–H and O–H groups in total. The molecule has 1 aromatic rings. The fraction of sp³-hybridized carbons (Fsp3) is 0.250. The zero-order chi connectivity index (χ0) is 7.78. The summed E-state index contributed by atoms with van der Waals surface area (Å²) < 4.78 is 35.2. The number of H-pyrrole nitrogens is 1. The SMILES string of the molecule is FC(F)(F)c1cn[nH]c1Cl. The van der Waals surface area contributed by atoms with Crippen LogP contribution in [-0.2, 0) is 6.18 Å². The van der Waals surface area contributed by atoms with E-state index in [1.165, 1.54) is 0 Å². The molecule has 1 heterocycles. The van der Waals surface area contributed by atoms with Crippen LogP contribution in [0.15, 0.2) is 6.20 Å². The molecule has 0 aliphatic rings. The molecule has 0 atom stereocenters. The van der Waals surface area contributed by atoms with Gasteiger partial charge in [-0.25, -0.2) is 0 Å². The monoisotopic (exact) mass is 170 g/mol. The molecule has 1 rings (SSSR count). The van der Waals surface area contributed by atoms with E-state index in [0.29, 0.717) is 6.20 Å². The highest BCUT2D eigenvalue weighted by atomic mass is 35.5. The van der Waals surface area contributed by atoms with E-state index >= 15 is 0 Å². The van der Waals surface area contributed by atoms with Crippen LogP contribution in [0.1, 0.15) is 5.56 Å². The van der Waals surface area contributed by atoms with Crippen LogP contribution in [0.3, 0.4) is 0 Å². The molecule has 0 radical (unpaired) electrons. The minimum Gasteiger partial charge on any atom is -0.267 e. The van der Waals surface area contributed by atoms with E-state index in [4.69, 9.17) is 11.6 Å². The molecule has 1 aromatic heterocycles. The number of aromatic nitrogens is 2. The topological polar surface area (TPSA) is 28.7 Å². The highest BCUT2D eigenvalue weighted by Gasteiger charge is 2.34. The standard InChI is InChI=1S/C4H2ClF3N2/c5-3-2(1-9-10-3)4(6,7)8/h1H,(H,9,10). The fourth-order valence-corrected chi connectivity index (χ4v) is 0.673. The van der Waals surface area contributed by atoms with Crippen molar-refractivity contribution in [2.75, 3.05) is 0 Å². The highest BCUT2D eigenvalue weighted by Crippen LogP contribution is 2.32. The smallest absolute Gasteiger partial charge is 0.267 e. The van der Waals surface area contributed by atoms with Crippen LogP contribution in [0.5, 0.6) is 0 Å². The molecule has 0 bridgehead atoms. The Hall–Kier alpha value is -0.710. The van der Waals surface area contributed by atoms with Gasteiger partial charge in [0.1, 0.15) is 10.7 Å². The predicted octanol–water partition coefficient (Wildman–Crippen LogP) is 2.08. The Morgan fingerprint density at radius 2 is 2.10 bits per heavy atom. The lowest BCUT2D eigenvalue weighted by Gasteiger charge is -2.00. The van der Waals surface area contributed by atoms with E-state index < -0.39 is 16.9 Å². The summed E-state index contributed by atoms with van der Waals surface area (Å²) in [5.41, 5.74) is -0.936. The van der Waals surface area contributed by atoms with Crippen molar-refractivity contribution in [3.63, 3.8) is 0 Å². The average molecular weight is 171 g/mol. The highest BCUT2D eigenvalue weighted by molar-refractivity contribution is 6.30. The molecule has 2 nitrogen and oxygen atoms in total. The summed E-state index contributed by atoms with van der Waals surface area (Å²) in [6.07, 6.45) is -3.77. The lowest BCUT2D eigenvalue weighted by Crippen LogP contribution is -2.03. The number of hydrogen-bond donors (Lipinski definition) is 1. The van der Waals surface area contributed by atoms with Crippen molar-refractivity contribution in [2.45, 2.75) is 6.18 Å². The number of nitrogens with zero attached hydrogens (tertiary/aromatic N) is 1. The second-order valence-corrected chi connectivity index (χ2v) is 1.97. The molecule has 0 spiro atoms. The summed E-state index contributed by atoms with van der Waals surface area (Å²) in [4.78, 5) is 0. The minimum absolute atomic E-state index is 0.479. The Balaban J connectivity index is 3.05. The number of hydrogen-bond acceptors (Lipinski definition) is 1. The lowest BCUT2D eigenvalue weighted by molar-refractivity contribution is -0.137. The Bertz CT molecular complexity index is 229. The van der Waals surface area contributed by atoms with E-state index in [-0.39, 0.29) is 0 Å². The third kappa shape index (κ3) is 1.23. The zero-order valence-electron chi connectivity index (χ0n) is 4.54. The molecule has 6 heteroatoms. The maximum absolute atomic E-state index is 11.7. The van der Waals surface area contributed by atoms with E-state index in [1.54, 1.807) is 0 Å². The molecule has 0 fully saturated rings. The molecule has 0 unspecified atom stereocenters. The van der Waals surface area contributed by atoms with Gasteiger partial charge < -0.3 is 0 Å². The van der Waals surface area contributed by atoms with Crippen LogP contribution in [0, 0.1) is 0 Å². The number of aromatic amines is 1. The summed E-state index contributed by atoms with van der Waals surface area (Å²) in [6, 6.07) is 0. The molecular weight excluding hydrogens is 169 g/mol. The zero-order valence-corrected chi connectivity index (χ0v) is 5.29. The van der Waals surface area contributed by atoms with Crippen LogP contribution >= 0.6 is 11.6 Å². The van der Waals surface area contributed by atoms with Crippen LogP contribution in [0.4, 0.5) is 13.2 Å². The van der Waals surface area contributed by atoms with Gasteiger partial charge in [0.15, 0.2) is 0 Å². The molecule has 0 saturated heterocycles. The molecule has 0 aliphatic heterocycles. The first-order chi connectivity index (χ1) is 4.52. The van der Waals surface area contributed by atoms with Crippen molar-refractivity contribution >= 4 is 11.6 Å². The van der Waals surface area contributed by atoms with Crippen LogP contribution in [0.25, 0.3) is 0 Å². The second kappa shape index (κ2) is 2.16. The van der Waals surface area contributed by atoms with Gasteiger partial charge in [0.2, 0.25) is 0 Å². The maximum Gasteiger partial charge on any atom is 0.420 e. The quantitative estimate of drug-likeness (QED) is 0.635. The van der Waals surface area contributed by atoms with Gasteiger partial charge in [0.25, 0.3) is 0 Å². The number of rotatable bonds is 0. The minimum atomic E-state index is -4.41. The number of nitrogens with one attached hydrogen (secondary N) is 1. The summed E-state index contributed by atoms with van der Waals surface area (Å²) >= 11 is 5.09. The Labute approximate surface area is 59.0 Å². The molecular formula is C4H2ClF3N2. The third-order valence-electron chi connectivity index (χ3n) is 0.898. The van der Waals surface area contributed by atoms with Gasteiger partial charge in [-0.05, 0) is 0 Å². The largest absolute Gasteiger partial charge is 0.420 e. The molecule has 0 aliphatic carbocycles. The maximum atomic E-state index is 11.7. The first-order valence-corrected chi connectivity index (χ1v) is 2.65. The van der Waals surface area contributed by atoms with Crippen molar-refractivity contribution in [3.8, 4) is 0 Å². The van der Waals surface area contributed by atoms with Crippen molar-refractivity contribution < 1.29 is 13.2 Å². The summed E-state index contributed by atoms with van der Waals surface area (Å²) in [7, 11) is 0. The average Bonchev–Trinajstić information content (AvgIpc) is 2.11. The van der Waals surface area contributed by atoms with Crippen molar-refractivity contribution in [2.24, 2.45) is 0 Å². The second-order valence-electron chi connectivity index (χ2n) is 1.60. The first-order valence-electron chi connectivity index (χ1n) is 2.28. The van der Waals surface area contributed by atoms with Crippen molar-refractivity contribution in [3.05, 3.63) is 16.9 Å². The summed E-state index contributed by atoms with van der Waals surface area (Å²) in [6.45, 7) is 0. The van der Waals surface area contributed by atoms with E-state index in [2.05, 4.69) is 5.10 Å². The molecule has 56 valence electrons. The van der Waals surface area contributed by atoms with Gasteiger partial charge >= 0.3 is 6.18 Å². The third-order valence-corrected chi connectivity index (χ3v) is 1.19. The molecule has 0 amide bonds. The lowest BCUT2D eigenvalue weighted by atomic mass is 10.4. The summed E-state index contributed by atoms with van der Waals surface area (Å²) in [5, 5.41) is 4.60. The molecule has 10 heavy (non-hydrogen) atoms. The molecule has 0 aromatic carbocycles. The van der Waals surface area contributed by atoms with Crippen LogP contribution in [0.2, 0.25) is 5.15 Å². The summed E-state index contributed by atoms with van der Waals surface area (Å²) in [5.74, 6) is 0. The van der Waals surface area contributed by atoms with Crippen LogP contribution < -0.4 is 0 Å². The van der Waals surface area contributed by atoms with Gasteiger partial charge in [0.05, 0.1) is 6.20 Å². The van der Waals surface area contributed by atoms with Gasteiger partial charge in [0, 0.05) is 0 Å². The van der Waals surface area contributed by atoms with Gasteiger partial charge in [-0.15, -0.1) is 0 Å². The Kier molecular flexibility index (Phi) is 1.60. The Morgan fingerprint density at radius 3 is 2.30 bits per heavy atom. The first kappa shape index (κ1) is 7.40. The number of halogens is 4. The van der Waals surface area contributed by atoms with E-state index in [0.717, 1.165) is 0 Å². The normalized spacial score (nSPS) is 12.0. The fourth-order valence-electron chi connectivity index (χ4n) is 0.468. The Morgan fingerprint density at radius 1 is 1.50 bits per heavy atom. The van der Waals surface area contributed by atoms with Crippen LogP contribution in [-0.4, -0.2) is 10.2 Å².